The fourth-order valence-electron chi connectivity index (χ4n) is 14.1. The molecular weight excluding hydrogens is 679 g/mol. The van der Waals surface area contributed by atoms with Crippen molar-refractivity contribution in [2.45, 2.75) is 87.9 Å². The lowest BCUT2D eigenvalue weighted by Gasteiger charge is -2.57. The molecule has 3 heteroatoms. The number of hydrogen-bond donors (Lipinski definition) is 0. The van der Waals surface area contributed by atoms with Crippen molar-refractivity contribution in [3.63, 3.8) is 0 Å². The molecule has 8 aliphatic carbocycles. The lowest BCUT2D eigenvalue weighted by Crippen LogP contribution is -2.48. The second-order valence-corrected chi connectivity index (χ2v) is 19.5. The largest absolute Gasteiger partial charge is 0.228 e. The van der Waals surface area contributed by atoms with Crippen LogP contribution in [0.5, 0.6) is 0 Å². The van der Waals surface area contributed by atoms with Gasteiger partial charge in [0.15, 0.2) is 5.82 Å². The van der Waals surface area contributed by atoms with E-state index in [0.29, 0.717) is 16.4 Å². The van der Waals surface area contributed by atoms with E-state index in [2.05, 4.69) is 103 Å². The minimum atomic E-state index is 0.389. The molecular formula is C53H49N3. The number of fused-ring (bicyclic) bond motifs is 1. The summed E-state index contributed by atoms with van der Waals surface area (Å²) >= 11 is 0. The summed E-state index contributed by atoms with van der Waals surface area (Å²) in [7, 11) is 0. The zero-order valence-corrected chi connectivity index (χ0v) is 32.3. The van der Waals surface area contributed by atoms with E-state index in [1.807, 2.05) is 18.2 Å². The van der Waals surface area contributed by atoms with Gasteiger partial charge in [0.05, 0.1) is 23.0 Å². The second kappa shape index (κ2) is 12.5. The number of nitriles is 1. The molecule has 8 fully saturated rings. The first kappa shape index (κ1) is 33.1. The summed E-state index contributed by atoms with van der Waals surface area (Å²) < 4.78 is 0. The van der Waals surface area contributed by atoms with Crippen molar-refractivity contribution in [3.05, 3.63) is 132 Å². The molecule has 14 rings (SSSR count). The summed E-state index contributed by atoms with van der Waals surface area (Å²) in [5, 5.41) is 11.6. The topological polar surface area (TPSA) is 49.6 Å². The predicted molar refractivity (Wildman–Crippen MR) is 226 cm³/mol. The van der Waals surface area contributed by atoms with Gasteiger partial charge in [-0.3, -0.25) is 0 Å². The monoisotopic (exact) mass is 727 g/mol. The Labute approximate surface area is 331 Å². The van der Waals surface area contributed by atoms with Crippen molar-refractivity contribution < 1.29 is 0 Å². The van der Waals surface area contributed by atoms with Gasteiger partial charge in [-0.2, -0.15) is 5.26 Å². The van der Waals surface area contributed by atoms with Crippen LogP contribution in [0.15, 0.2) is 115 Å². The zero-order chi connectivity index (χ0) is 37.0. The predicted octanol–water partition coefficient (Wildman–Crippen LogP) is 13.1. The van der Waals surface area contributed by atoms with Gasteiger partial charge in [0.25, 0.3) is 0 Å². The van der Waals surface area contributed by atoms with Gasteiger partial charge in [-0.1, -0.05) is 91.0 Å². The smallest absolute Gasteiger partial charge is 0.160 e. The maximum absolute atomic E-state index is 9.35. The van der Waals surface area contributed by atoms with Gasteiger partial charge >= 0.3 is 0 Å². The van der Waals surface area contributed by atoms with E-state index in [-0.39, 0.29) is 0 Å². The Morgan fingerprint density at radius 1 is 0.411 bits per heavy atom. The van der Waals surface area contributed by atoms with Gasteiger partial charge in [0.1, 0.15) is 0 Å². The number of hydrogen-bond acceptors (Lipinski definition) is 3. The van der Waals surface area contributed by atoms with Crippen LogP contribution in [-0.2, 0) is 10.8 Å². The molecule has 3 nitrogen and oxygen atoms in total. The van der Waals surface area contributed by atoms with E-state index in [1.54, 1.807) is 11.1 Å². The van der Waals surface area contributed by atoms with Gasteiger partial charge in [-0.05, 0) is 181 Å². The van der Waals surface area contributed by atoms with Gasteiger partial charge in [-0.15, -0.1) is 0 Å². The summed E-state index contributed by atoms with van der Waals surface area (Å²) in [6.07, 6.45) is 17.2. The Morgan fingerprint density at radius 3 is 1.27 bits per heavy atom. The van der Waals surface area contributed by atoms with E-state index in [1.165, 1.54) is 88.2 Å². The molecule has 1 aromatic heterocycles. The van der Waals surface area contributed by atoms with Crippen LogP contribution in [0.1, 0.15) is 93.7 Å². The standard InChI is InChI=1S/C53H49N3/c54-32-33-1-2-46-24-45(8-7-44(46)23-33)40-3-5-43(6-4-40)51-55-49(41-9-13-47(14-10-41)52-26-34-17-35(27-52)19-36(18-34)28-52)25-50(56-51)42-11-15-48(16-12-42)53-29-37-20-38(30-53)22-39(21-37)31-53/h1-16,23-25,34-39H,17-22,26-31H2/t34-,35-,36-,37-,38-,39-,52?,53?. The van der Waals surface area contributed by atoms with Crippen LogP contribution in [0, 0.1) is 46.8 Å². The third-order valence-electron chi connectivity index (χ3n) is 15.8. The molecule has 0 atom stereocenters. The number of nitrogens with zero attached hydrogens (tertiary/aromatic N) is 3. The van der Waals surface area contributed by atoms with E-state index in [0.717, 1.165) is 80.2 Å². The highest BCUT2D eigenvalue weighted by atomic mass is 14.9. The van der Waals surface area contributed by atoms with Crippen molar-refractivity contribution in [2.24, 2.45) is 35.5 Å². The molecule has 5 aromatic carbocycles. The van der Waals surface area contributed by atoms with Crippen LogP contribution in [-0.4, -0.2) is 9.97 Å². The number of aromatic nitrogens is 2. The highest BCUT2D eigenvalue weighted by molar-refractivity contribution is 5.88. The molecule has 8 aliphatic rings. The molecule has 0 N–H and O–H groups in total. The maximum Gasteiger partial charge on any atom is 0.160 e. The van der Waals surface area contributed by atoms with Gasteiger partial charge in [0, 0.05) is 16.7 Å². The Balaban J connectivity index is 0.896. The molecule has 0 aliphatic heterocycles. The first-order chi connectivity index (χ1) is 27.4. The molecule has 8 saturated carbocycles. The number of benzene rings is 5. The van der Waals surface area contributed by atoms with Crippen LogP contribution in [0.4, 0.5) is 0 Å². The van der Waals surface area contributed by atoms with Gasteiger partial charge in [0.2, 0.25) is 0 Å². The molecule has 0 radical (unpaired) electrons. The summed E-state index contributed by atoms with van der Waals surface area (Å²) in [6.45, 7) is 0. The van der Waals surface area contributed by atoms with Crippen molar-refractivity contribution >= 4 is 10.8 Å². The Kier molecular flexibility index (Phi) is 7.37. The molecule has 0 amide bonds. The molecule has 276 valence electrons. The maximum atomic E-state index is 9.35. The van der Waals surface area contributed by atoms with Gasteiger partial charge < -0.3 is 0 Å². The van der Waals surface area contributed by atoms with Crippen LogP contribution in [0.25, 0.3) is 55.8 Å². The minimum absolute atomic E-state index is 0.389. The van der Waals surface area contributed by atoms with Crippen LogP contribution in [0.2, 0.25) is 0 Å². The SMILES string of the molecule is N#Cc1ccc2cc(-c3ccc(-c4nc(-c5ccc(C67C[C@H]8C[C@H](C6)C[C@@H](C7)C8)cc5)cc(-c5ccc(C67C[C@H]8C[C@H](C6)C[C@@H](C7)C8)cc5)n4)cc3)ccc2c1. The average molecular weight is 728 g/mol. The normalized spacial score (nSPS) is 30.8. The molecule has 1 heterocycles. The molecule has 0 unspecified atom stereocenters. The molecule has 6 aromatic rings. The van der Waals surface area contributed by atoms with Crippen molar-refractivity contribution in [1.82, 2.24) is 9.97 Å². The Bertz CT molecular complexity index is 2360. The van der Waals surface area contributed by atoms with Crippen molar-refractivity contribution in [1.29, 1.82) is 5.26 Å². The average Bonchev–Trinajstić information content (AvgIpc) is 3.22. The fraction of sp³-hybridized carbons (Fsp3) is 0.377. The summed E-state index contributed by atoms with van der Waals surface area (Å²) in [5.74, 6) is 6.39. The zero-order valence-electron chi connectivity index (χ0n) is 32.3. The highest BCUT2D eigenvalue weighted by Gasteiger charge is 2.52. The van der Waals surface area contributed by atoms with Gasteiger partial charge in [-0.25, -0.2) is 9.97 Å². The van der Waals surface area contributed by atoms with Crippen LogP contribution >= 0.6 is 0 Å². The van der Waals surface area contributed by atoms with Crippen molar-refractivity contribution in [2.75, 3.05) is 0 Å². The van der Waals surface area contributed by atoms with Crippen LogP contribution < -0.4 is 0 Å². The van der Waals surface area contributed by atoms with E-state index < -0.39 is 0 Å². The van der Waals surface area contributed by atoms with E-state index in [4.69, 9.17) is 9.97 Å². The van der Waals surface area contributed by atoms with Crippen molar-refractivity contribution in [3.8, 4) is 51.1 Å². The first-order valence-corrected chi connectivity index (χ1v) is 21.6. The first-order valence-electron chi connectivity index (χ1n) is 21.6. The summed E-state index contributed by atoms with van der Waals surface area (Å²) in [5.41, 5.74) is 12.2. The Morgan fingerprint density at radius 2 is 0.804 bits per heavy atom. The lowest BCUT2D eigenvalue weighted by molar-refractivity contribution is -0.00530. The third kappa shape index (κ3) is 5.50. The Hall–Kier alpha value is -5.07. The summed E-state index contributed by atoms with van der Waals surface area (Å²) in [4.78, 5) is 10.6. The second-order valence-electron chi connectivity index (χ2n) is 19.5. The quantitative estimate of drug-likeness (QED) is 0.172. The lowest BCUT2D eigenvalue weighted by atomic mass is 9.48. The minimum Gasteiger partial charge on any atom is -0.228 e. The molecule has 8 bridgehead atoms. The fourth-order valence-corrected chi connectivity index (χ4v) is 14.1. The van der Waals surface area contributed by atoms with E-state index in [9.17, 15) is 5.26 Å². The van der Waals surface area contributed by atoms with Crippen LogP contribution in [0.3, 0.4) is 0 Å². The van der Waals surface area contributed by atoms with E-state index >= 15 is 0 Å². The molecule has 0 saturated heterocycles. The number of rotatable bonds is 6. The molecule has 0 spiro atoms. The third-order valence-corrected chi connectivity index (χ3v) is 15.8. The summed E-state index contributed by atoms with van der Waals surface area (Å²) in [6, 6.07) is 44.8. The highest BCUT2D eigenvalue weighted by Crippen LogP contribution is 2.62. The molecule has 56 heavy (non-hydrogen) atoms.